The summed E-state index contributed by atoms with van der Waals surface area (Å²) in [6.45, 7) is 3.19. The SMILES string of the molecule is Cc1ccc(C(=O)NCCNc2ncnc3sc4c(c23)CCCC4)cc1. The third-order valence-corrected chi connectivity index (χ3v) is 5.97. The molecular formula is C20H22N4OS. The van der Waals surface area contributed by atoms with Gasteiger partial charge in [0, 0.05) is 23.5 Å². The van der Waals surface area contributed by atoms with Crippen molar-refractivity contribution in [2.24, 2.45) is 0 Å². The van der Waals surface area contributed by atoms with Gasteiger partial charge in [0.25, 0.3) is 5.91 Å². The molecule has 2 N–H and O–H groups in total. The third-order valence-electron chi connectivity index (χ3n) is 4.77. The highest BCUT2D eigenvalue weighted by atomic mass is 32.1. The van der Waals surface area contributed by atoms with Crippen molar-refractivity contribution in [2.75, 3.05) is 18.4 Å². The molecule has 0 unspecified atom stereocenters. The lowest BCUT2D eigenvalue weighted by atomic mass is 9.97. The Morgan fingerprint density at radius 3 is 2.77 bits per heavy atom. The first kappa shape index (κ1) is 17.0. The van der Waals surface area contributed by atoms with Gasteiger partial charge >= 0.3 is 0 Å². The molecule has 1 aliphatic rings. The van der Waals surface area contributed by atoms with Gasteiger partial charge in [-0.2, -0.15) is 0 Å². The van der Waals surface area contributed by atoms with Gasteiger partial charge in [0.1, 0.15) is 17.0 Å². The molecule has 0 spiro atoms. The average Bonchev–Trinajstić information content (AvgIpc) is 3.05. The first-order valence-corrected chi connectivity index (χ1v) is 9.88. The van der Waals surface area contributed by atoms with Gasteiger partial charge in [0.2, 0.25) is 0 Å². The number of carbonyl (C=O) groups excluding carboxylic acids is 1. The lowest BCUT2D eigenvalue weighted by Crippen LogP contribution is -2.28. The van der Waals surface area contributed by atoms with Crippen LogP contribution in [0.4, 0.5) is 5.82 Å². The van der Waals surface area contributed by atoms with Gasteiger partial charge in [-0.05, 0) is 50.3 Å². The first-order valence-electron chi connectivity index (χ1n) is 9.06. The Balaban J connectivity index is 1.40. The van der Waals surface area contributed by atoms with Crippen LogP contribution in [0.3, 0.4) is 0 Å². The molecule has 0 radical (unpaired) electrons. The molecule has 1 amide bonds. The van der Waals surface area contributed by atoms with Crippen LogP contribution in [0.1, 0.15) is 39.2 Å². The lowest BCUT2D eigenvalue weighted by Gasteiger charge is -2.12. The number of thiophene rings is 1. The predicted molar refractivity (Wildman–Crippen MR) is 106 cm³/mol. The van der Waals surface area contributed by atoms with Crippen LogP contribution in [0.25, 0.3) is 10.2 Å². The van der Waals surface area contributed by atoms with Crippen LogP contribution in [-0.4, -0.2) is 29.0 Å². The van der Waals surface area contributed by atoms with Gasteiger partial charge in [0.15, 0.2) is 0 Å². The Morgan fingerprint density at radius 2 is 1.92 bits per heavy atom. The van der Waals surface area contributed by atoms with E-state index in [0.29, 0.717) is 18.7 Å². The molecule has 134 valence electrons. The minimum Gasteiger partial charge on any atom is -0.368 e. The molecule has 1 aliphatic carbocycles. The standard InChI is InChI=1S/C20H22N4OS/c1-13-6-8-14(9-7-13)19(25)22-11-10-21-18-17-15-4-2-3-5-16(15)26-20(17)24-12-23-18/h6-9,12H,2-5,10-11H2,1H3,(H,22,25)(H,21,23,24). The number of benzene rings is 1. The van der Waals surface area contributed by atoms with E-state index in [1.54, 1.807) is 17.7 Å². The Bertz CT molecular complexity index is 933. The number of aromatic nitrogens is 2. The normalized spacial score (nSPS) is 13.4. The van der Waals surface area contributed by atoms with E-state index in [1.165, 1.54) is 28.7 Å². The smallest absolute Gasteiger partial charge is 0.251 e. The first-order chi connectivity index (χ1) is 12.7. The number of fused-ring (bicyclic) bond motifs is 3. The van der Waals surface area contributed by atoms with Crippen LogP contribution in [0.5, 0.6) is 0 Å². The second-order valence-corrected chi connectivity index (χ2v) is 7.75. The summed E-state index contributed by atoms with van der Waals surface area (Å²) < 4.78 is 0. The molecule has 6 heteroatoms. The summed E-state index contributed by atoms with van der Waals surface area (Å²) in [4.78, 5) is 23.6. The highest BCUT2D eigenvalue weighted by molar-refractivity contribution is 7.19. The fourth-order valence-corrected chi connectivity index (χ4v) is 4.62. The number of nitrogens with one attached hydrogen (secondary N) is 2. The summed E-state index contributed by atoms with van der Waals surface area (Å²) in [5, 5.41) is 7.51. The van der Waals surface area contributed by atoms with Crippen LogP contribution in [-0.2, 0) is 12.8 Å². The Hall–Kier alpha value is -2.47. The van der Waals surface area contributed by atoms with E-state index in [9.17, 15) is 4.79 Å². The maximum atomic E-state index is 12.2. The molecule has 0 aliphatic heterocycles. The monoisotopic (exact) mass is 366 g/mol. The zero-order valence-electron chi connectivity index (χ0n) is 14.8. The number of carbonyl (C=O) groups is 1. The highest BCUT2D eigenvalue weighted by Gasteiger charge is 2.19. The quantitative estimate of drug-likeness (QED) is 0.676. The number of rotatable bonds is 5. The van der Waals surface area contributed by atoms with E-state index in [0.717, 1.165) is 29.1 Å². The van der Waals surface area contributed by atoms with E-state index in [2.05, 4.69) is 20.6 Å². The minimum atomic E-state index is -0.0486. The summed E-state index contributed by atoms with van der Waals surface area (Å²) in [5.41, 5.74) is 3.25. The molecule has 0 bridgehead atoms. The average molecular weight is 366 g/mol. The topological polar surface area (TPSA) is 66.9 Å². The van der Waals surface area contributed by atoms with Crippen LogP contribution in [0, 0.1) is 6.92 Å². The zero-order valence-corrected chi connectivity index (χ0v) is 15.7. The second kappa shape index (κ2) is 7.41. The molecule has 4 rings (SSSR count). The number of aryl methyl sites for hydroxylation is 3. The summed E-state index contributed by atoms with van der Waals surface area (Å²) in [7, 11) is 0. The maximum absolute atomic E-state index is 12.2. The largest absolute Gasteiger partial charge is 0.368 e. The number of hydrogen-bond donors (Lipinski definition) is 2. The summed E-state index contributed by atoms with van der Waals surface area (Å²) in [5.74, 6) is 0.839. The predicted octanol–water partition coefficient (Wildman–Crippen LogP) is 3.72. The molecule has 0 fully saturated rings. The number of hydrogen-bond acceptors (Lipinski definition) is 5. The molecule has 0 saturated carbocycles. The third kappa shape index (κ3) is 3.42. The van der Waals surface area contributed by atoms with Crippen molar-refractivity contribution in [3.8, 4) is 0 Å². The van der Waals surface area contributed by atoms with Crippen molar-refractivity contribution >= 4 is 33.3 Å². The molecule has 2 heterocycles. The van der Waals surface area contributed by atoms with Crippen LogP contribution in [0.2, 0.25) is 0 Å². The highest BCUT2D eigenvalue weighted by Crippen LogP contribution is 2.37. The Kier molecular flexibility index (Phi) is 4.84. The van der Waals surface area contributed by atoms with Crippen molar-refractivity contribution in [1.29, 1.82) is 0 Å². The number of amides is 1. The second-order valence-electron chi connectivity index (χ2n) is 6.66. The van der Waals surface area contributed by atoms with Gasteiger partial charge in [0.05, 0.1) is 5.39 Å². The van der Waals surface area contributed by atoms with E-state index < -0.39 is 0 Å². The molecule has 2 aromatic heterocycles. The number of nitrogens with zero attached hydrogens (tertiary/aromatic N) is 2. The summed E-state index contributed by atoms with van der Waals surface area (Å²) in [6, 6.07) is 7.60. The van der Waals surface area contributed by atoms with Crippen molar-refractivity contribution in [2.45, 2.75) is 32.6 Å². The van der Waals surface area contributed by atoms with Crippen molar-refractivity contribution in [3.63, 3.8) is 0 Å². The van der Waals surface area contributed by atoms with Crippen LogP contribution in [0.15, 0.2) is 30.6 Å². The summed E-state index contributed by atoms with van der Waals surface area (Å²) in [6.07, 6.45) is 6.39. The zero-order chi connectivity index (χ0) is 17.9. The fraction of sp³-hybridized carbons (Fsp3) is 0.350. The fourth-order valence-electron chi connectivity index (χ4n) is 3.39. The van der Waals surface area contributed by atoms with Crippen LogP contribution < -0.4 is 10.6 Å². The van der Waals surface area contributed by atoms with Gasteiger partial charge in [-0.25, -0.2) is 9.97 Å². The van der Waals surface area contributed by atoms with Gasteiger partial charge in [-0.1, -0.05) is 17.7 Å². The molecule has 1 aromatic carbocycles. The molecule has 0 atom stereocenters. The molecule has 26 heavy (non-hydrogen) atoms. The van der Waals surface area contributed by atoms with Crippen LogP contribution >= 0.6 is 11.3 Å². The summed E-state index contributed by atoms with van der Waals surface area (Å²) >= 11 is 1.80. The molecule has 0 saturated heterocycles. The van der Waals surface area contributed by atoms with Gasteiger partial charge in [-0.15, -0.1) is 11.3 Å². The maximum Gasteiger partial charge on any atom is 0.251 e. The number of anilines is 1. The Labute approximate surface area is 156 Å². The van der Waals surface area contributed by atoms with Crippen molar-refractivity contribution in [3.05, 3.63) is 52.2 Å². The van der Waals surface area contributed by atoms with Crippen molar-refractivity contribution in [1.82, 2.24) is 15.3 Å². The van der Waals surface area contributed by atoms with Gasteiger partial charge < -0.3 is 10.6 Å². The molecule has 5 nitrogen and oxygen atoms in total. The Morgan fingerprint density at radius 1 is 1.12 bits per heavy atom. The van der Waals surface area contributed by atoms with Crippen molar-refractivity contribution < 1.29 is 4.79 Å². The van der Waals surface area contributed by atoms with E-state index in [1.807, 2.05) is 31.2 Å². The van der Waals surface area contributed by atoms with Gasteiger partial charge in [-0.3, -0.25) is 4.79 Å². The van der Waals surface area contributed by atoms with E-state index in [-0.39, 0.29) is 5.91 Å². The minimum absolute atomic E-state index is 0.0486. The molecule has 3 aromatic rings. The lowest BCUT2D eigenvalue weighted by molar-refractivity contribution is 0.0955. The van der Waals surface area contributed by atoms with E-state index >= 15 is 0 Å². The molecular weight excluding hydrogens is 344 g/mol. The van der Waals surface area contributed by atoms with E-state index in [4.69, 9.17) is 0 Å².